The molecule has 188 valence electrons. The Morgan fingerprint density at radius 1 is 1.08 bits per heavy atom. The first-order valence-electron chi connectivity index (χ1n) is 12.0. The van der Waals surface area contributed by atoms with Gasteiger partial charge in [-0.2, -0.15) is 5.10 Å². The Kier molecular flexibility index (Phi) is 6.80. The van der Waals surface area contributed by atoms with E-state index in [9.17, 15) is 9.59 Å². The number of anilines is 1. The standard InChI is InChI=1S/C27H26N6O4/c1-3-36-24-14-18(8-9-23(24)37-16-25(34)30-19-7-5-4-6-17(19)2)26-28-11-10-20(31-26)21-15-22-27(35)29-12-13-33(22)32-21/h4-11,14-15H,3,12-13,16H2,1-2H3,(H,29,35)(H,30,34). The molecule has 0 saturated carbocycles. The van der Waals surface area contributed by atoms with Gasteiger partial charge in [-0.25, -0.2) is 9.97 Å². The third kappa shape index (κ3) is 5.27. The smallest absolute Gasteiger partial charge is 0.269 e. The zero-order chi connectivity index (χ0) is 25.8. The molecule has 0 radical (unpaired) electrons. The molecule has 1 aliphatic heterocycles. The molecule has 2 N–H and O–H groups in total. The first kappa shape index (κ1) is 24.0. The largest absolute Gasteiger partial charge is 0.490 e. The van der Waals surface area contributed by atoms with Crippen LogP contribution in [-0.2, 0) is 11.3 Å². The second-order valence-corrected chi connectivity index (χ2v) is 8.41. The molecule has 2 aromatic heterocycles. The molecule has 3 heterocycles. The van der Waals surface area contributed by atoms with E-state index in [2.05, 4.69) is 25.7 Å². The van der Waals surface area contributed by atoms with E-state index < -0.39 is 0 Å². The number of benzene rings is 2. The van der Waals surface area contributed by atoms with Gasteiger partial charge in [0.05, 0.1) is 18.8 Å². The van der Waals surface area contributed by atoms with Crippen molar-refractivity contribution in [2.75, 3.05) is 25.1 Å². The van der Waals surface area contributed by atoms with Crippen LogP contribution in [0.1, 0.15) is 23.0 Å². The minimum Gasteiger partial charge on any atom is -0.490 e. The van der Waals surface area contributed by atoms with Crippen molar-refractivity contribution in [1.29, 1.82) is 0 Å². The van der Waals surface area contributed by atoms with Crippen LogP contribution in [0.5, 0.6) is 11.5 Å². The average Bonchev–Trinajstić information content (AvgIpc) is 3.36. The van der Waals surface area contributed by atoms with Crippen LogP contribution in [0.3, 0.4) is 0 Å². The van der Waals surface area contributed by atoms with Gasteiger partial charge >= 0.3 is 0 Å². The number of aryl methyl sites for hydroxylation is 1. The number of hydrogen-bond acceptors (Lipinski definition) is 7. The minimum atomic E-state index is -0.270. The number of carbonyl (C=O) groups excluding carboxylic acids is 2. The van der Waals surface area contributed by atoms with E-state index in [0.717, 1.165) is 11.3 Å². The van der Waals surface area contributed by atoms with Crippen molar-refractivity contribution in [1.82, 2.24) is 25.1 Å². The summed E-state index contributed by atoms with van der Waals surface area (Å²) in [6, 6.07) is 16.4. The minimum absolute atomic E-state index is 0.149. The highest BCUT2D eigenvalue weighted by Gasteiger charge is 2.21. The molecule has 10 nitrogen and oxygen atoms in total. The van der Waals surface area contributed by atoms with Gasteiger partial charge in [-0.1, -0.05) is 18.2 Å². The molecule has 4 aromatic rings. The Morgan fingerprint density at radius 2 is 1.95 bits per heavy atom. The van der Waals surface area contributed by atoms with Gasteiger partial charge < -0.3 is 20.1 Å². The molecule has 10 heteroatoms. The van der Waals surface area contributed by atoms with E-state index in [1.807, 2.05) is 44.2 Å². The SMILES string of the molecule is CCOc1cc(-c2nccc(-c3cc4n(n3)CCNC4=O)n2)ccc1OCC(=O)Nc1ccccc1C. The number of nitrogens with one attached hydrogen (secondary N) is 2. The summed E-state index contributed by atoms with van der Waals surface area (Å²) in [7, 11) is 0. The summed E-state index contributed by atoms with van der Waals surface area (Å²) in [6.45, 7) is 5.20. The number of ether oxygens (including phenoxy) is 2. The molecule has 0 fully saturated rings. The Hall–Kier alpha value is -4.73. The monoisotopic (exact) mass is 498 g/mol. The summed E-state index contributed by atoms with van der Waals surface area (Å²) >= 11 is 0. The first-order valence-corrected chi connectivity index (χ1v) is 12.0. The zero-order valence-corrected chi connectivity index (χ0v) is 20.5. The maximum Gasteiger partial charge on any atom is 0.269 e. The maximum absolute atomic E-state index is 12.4. The van der Waals surface area contributed by atoms with E-state index in [1.165, 1.54) is 0 Å². The molecule has 0 saturated heterocycles. The number of fused-ring (bicyclic) bond motifs is 1. The number of hydrogen-bond donors (Lipinski definition) is 2. The van der Waals surface area contributed by atoms with Crippen molar-refractivity contribution in [2.45, 2.75) is 20.4 Å². The van der Waals surface area contributed by atoms with E-state index in [4.69, 9.17) is 9.47 Å². The van der Waals surface area contributed by atoms with E-state index in [-0.39, 0.29) is 18.4 Å². The van der Waals surface area contributed by atoms with Gasteiger partial charge in [0, 0.05) is 24.0 Å². The van der Waals surface area contributed by atoms with Gasteiger partial charge in [-0.3, -0.25) is 14.3 Å². The van der Waals surface area contributed by atoms with Gasteiger partial charge in [0.15, 0.2) is 23.9 Å². The van der Waals surface area contributed by atoms with Crippen LogP contribution in [0.25, 0.3) is 22.8 Å². The highest BCUT2D eigenvalue weighted by Crippen LogP contribution is 2.32. The normalized spacial score (nSPS) is 12.4. The van der Waals surface area contributed by atoms with Crippen LogP contribution in [0.4, 0.5) is 5.69 Å². The van der Waals surface area contributed by atoms with Crippen LogP contribution in [0.2, 0.25) is 0 Å². The number of rotatable bonds is 8. The van der Waals surface area contributed by atoms with Crippen molar-refractivity contribution in [3.05, 3.63) is 72.1 Å². The molecular weight excluding hydrogens is 472 g/mol. The molecule has 0 unspecified atom stereocenters. The van der Waals surface area contributed by atoms with E-state index >= 15 is 0 Å². The number of nitrogens with zero attached hydrogens (tertiary/aromatic N) is 4. The van der Waals surface area contributed by atoms with Crippen LogP contribution < -0.4 is 20.1 Å². The quantitative estimate of drug-likeness (QED) is 0.382. The summed E-state index contributed by atoms with van der Waals surface area (Å²) in [5, 5.41) is 10.2. The van der Waals surface area contributed by atoms with Crippen molar-refractivity contribution < 1.29 is 19.1 Å². The maximum atomic E-state index is 12.4. The molecule has 0 aliphatic carbocycles. The summed E-state index contributed by atoms with van der Waals surface area (Å²) in [5.74, 6) is 0.969. The van der Waals surface area contributed by atoms with Gasteiger partial charge in [-0.15, -0.1) is 0 Å². The Morgan fingerprint density at radius 3 is 2.76 bits per heavy atom. The third-order valence-electron chi connectivity index (χ3n) is 5.82. The molecule has 5 rings (SSSR count). The first-order chi connectivity index (χ1) is 18.0. The molecule has 0 spiro atoms. The Balaban J connectivity index is 1.34. The van der Waals surface area contributed by atoms with Crippen LogP contribution >= 0.6 is 0 Å². The number of carbonyl (C=O) groups is 2. The van der Waals surface area contributed by atoms with Gasteiger partial charge in [0.25, 0.3) is 11.8 Å². The predicted octanol–water partition coefficient (Wildman–Crippen LogP) is 3.48. The summed E-state index contributed by atoms with van der Waals surface area (Å²) in [4.78, 5) is 33.6. The molecule has 2 amide bonds. The fraction of sp³-hybridized carbons (Fsp3) is 0.222. The van der Waals surface area contributed by atoms with Gasteiger partial charge in [0.2, 0.25) is 0 Å². The predicted molar refractivity (Wildman–Crippen MR) is 137 cm³/mol. The van der Waals surface area contributed by atoms with Crippen molar-refractivity contribution >= 4 is 17.5 Å². The highest BCUT2D eigenvalue weighted by molar-refractivity contribution is 5.94. The van der Waals surface area contributed by atoms with E-state index in [1.54, 1.807) is 35.1 Å². The zero-order valence-electron chi connectivity index (χ0n) is 20.5. The van der Waals surface area contributed by atoms with Crippen molar-refractivity contribution in [3.63, 3.8) is 0 Å². The topological polar surface area (TPSA) is 120 Å². The van der Waals surface area contributed by atoms with E-state index in [0.29, 0.717) is 59.7 Å². The Labute approximate surface area is 213 Å². The molecule has 0 bridgehead atoms. The van der Waals surface area contributed by atoms with Gasteiger partial charge in [-0.05, 0) is 55.8 Å². The number of amides is 2. The lowest BCUT2D eigenvalue weighted by atomic mass is 10.1. The van der Waals surface area contributed by atoms with Crippen LogP contribution in [0, 0.1) is 6.92 Å². The second-order valence-electron chi connectivity index (χ2n) is 8.41. The summed E-state index contributed by atoms with van der Waals surface area (Å²) in [5.41, 5.74) is 4.13. The lowest BCUT2D eigenvalue weighted by Gasteiger charge is -2.14. The van der Waals surface area contributed by atoms with Gasteiger partial charge in [0.1, 0.15) is 11.4 Å². The lowest BCUT2D eigenvalue weighted by molar-refractivity contribution is -0.118. The van der Waals surface area contributed by atoms with Crippen LogP contribution in [-0.4, -0.2) is 51.3 Å². The molecule has 2 aromatic carbocycles. The van der Waals surface area contributed by atoms with Crippen molar-refractivity contribution in [2.24, 2.45) is 0 Å². The fourth-order valence-corrected chi connectivity index (χ4v) is 3.98. The molecule has 1 aliphatic rings. The van der Waals surface area contributed by atoms with Crippen molar-refractivity contribution in [3.8, 4) is 34.3 Å². The second kappa shape index (κ2) is 10.5. The summed E-state index contributed by atoms with van der Waals surface area (Å²) in [6.07, 6.45) is 1.65. The average molecular weight is 499 g/mol. The molecular formula is C27H26N6O4. The lowest BCUT2D eigenvalue weighted by Crippen LogP contribution is -2.35. The third-order valence-corrected chi connectivity index (χ3v) is 5.82. The molecule has 37 heavy (non-hydrogen) atoms. The highest BCUT2D eigenvalue weighted by atomic mass is 16.5. The fourth-order valence-electron chi connectivity index (χ4n) is 3.98. The number of aromatic nitrogens is 4. The molecule has 0 atom stereocenters. The Bertz CT molecular complexity index is 1470. The number of para-hydroxylation sites is 1. The summed E-state index contributed by atoms with van der Waals surface area (Å²) < 4.78 is 13.2. The van der Waals surface area contributed by atoms with Crippen LogP contribution in [0.15, 0.2) is 60.8 Å².